The number of para-hydroxylation sites is 2. The van der Waals surface area contributed by atoms with Gasteiger partial charge in [0.15, 0.2) is 0 Å². The van der Waals surface area contributed by atoms with E-state index in [0.29, 0.717) is 16.8 Å². The molecule has 0 N–H and O–H groups in total. The van der Waals surface area contributed by atoms with Crippen molar-refractivity contribution in [3.63, 3.8) is 0 Å². The monoisotopic (exact) mass is 414 g/mol. The third kappa shape index (κ3) is 4.48. The van der Waals surface area contributed by atoms with Crippen LogP contribution in [0.5, 0.6) is 11.5 Å². The van der Waals surface area contributed by atoms with E-state index in [4.69, 9.17) is 9.05 Å². The molecule has 0 fully saturated rings. The van der Waals surface area contributed by atoms with Crippen LogP contribution in [-0.2, 0) is 4.57 Å². The van der Waals surface area contributed by atoms with E-state index >= 15 is 0 Å². The first kappa shape index (κ1) is 20.0. The Hall–Kier alpha value is -3.29. The molecule has 0 aromatic heterocycles. The maximum Gasteiger partial charge on any atom is 0.462 e. The van der Waals surface area contributed by atoms with Gasteiger partial charge in [-0.15, -0.1) is 0 Å². The average Bonchev–Trinajstić information content (AvgIpc) is 2.81. The molecule has 0 heterocycles. The van der Waals surface area contributed by atoms with Gasteiger partial charge in [-0.25, -0.2) is 4.57 Å². The molecule has 0 aliphatic heterocycles. The van der Waals surface area contributed by atoms with Crippen LogP contribution in [0.1, 0.15) is 24.0 Å². The molecular formula is C26H23O3P. The quantitative estimate of drug-likeness (QED) is 0.312. The zero-order valence-electron chi connectivity index (χ0n) is 16.7. The van der Waals surface area contributed by atoms with Crippen molar-refractivity contribution in [2.75, 3.05) is 0 Å². The first-order valence-electron chi connectivity index (χ1n) is 9.89. The second-order valence-electron chi connectivity index (χ2n) is 7.00. The van der Waals surface area contributed by atoms with Crippen molar-refractivity contribution >= 4 is 12.9 Å². The van der Waals surface area contributed by atoms with Crippen LogP contribution in [0.3, 0.4) is 0 Å². The largest absolute Gasteiger partial charge is 0.462 e. The van der Waals surface area contributed by atoms with E-state index in [-0.39, 0.29) is 5.92 Å². The molecule has 30 heavy (non-hydrogen) atoms. The van der Waals surface area contributed by atoms with Crippen LogP contribution in [0.15, 0.2) is 115 Å². The summed E-state index contributed by atoms with van der Waals surface area (Å²) in [6, 6.07) is 36.1. The maximum atomic E-state index is 14.0. The molecule has 0 bridgehead atoms. The summed E-state index contributed by atoms with van der Waals surface area (Å²) >= 11 is 0. The second-order valence-corrected chi connectivity index (χ2v) is 8.88. The standard InChI is InChI=1S/C26H23O3P/c1-21(22-13-5-2-6-14-22)25-19-11-12-20-26(25)29-30(27,24-17-9-4-10-18-24)28-23-15-7-3-8-16-23/h2-21H,1H3. The van der Waals surface area contributed by atoms with Gasteiger partial charge in [0, 0.05) is 11.5 Å². The summed E-state index contributed by atoms with van der Waals surface area (Å²) in [6.07, 6.45) is 0. The molecule has 4 heteroatoms. The highest BCUT2D eigenvalue weighted by atomic mass is 31.2. The molecule has 0 radical (unpaired) electrons. The van der Waals surface area contributed by atoms with E-state index < -0.39 is 7.60 Å². The summed E-state index contributed by atoms with van der Waals surface area (Å²) in [5.74, 6) is 1.12. The van der Waals surface area contributed by atoms with Crippen LogP contribution in [0.2, 0.25) is 0 Å². The van der Waals surface area contributed by atoms with E-state index in [9.17, 15) is 4.57 Å². The van der Waals surface area contributed by atoms with Crippen LogP contribution in [0.4, 0.5) is 0 Å². The van der Waals surface area contributed by atoms with E-state index in [1.54, 1.807) is 24.3 Å². The van der Waals surface area contributed by atoms with Gasteiger partial charge in [0.2, 0.25) is 0 Å². The Morgan fingerprint density at radius 1 is 0.633 bits per heavy atom. The van der Waals surface area contributed by atoms with Crippen LogP contribution < -0.4 is 14.4 Å². The lowest BCUT2D eigenvalue weighted by Gasteiger charge is -2.23. The van der Waals surface area contributed by atoms with Gasteiger partial charge in [0.05, 0.1) is 5.30 Å². The molecule has 2 atom stereocenters. The fraction of sp³-hybridized carbons (Fsp3) is 0.0769. The van der Waals surface area contributed by atoms with Gasteiger partial charge in [0.25, 0.3) is 0 Å². The van der Waals surface area contributed by atoms with Gasteiger partial charge < -0.3 is 9.05 Å². The number of hydrogen-bond donors (Lipinski definition) is 0. The molecule has 0 saturated carbocycles. The van der Waals surface area contributed by atoms with E-state index in [1.165, 1.54) is 0 Å². The van der Waals surface area contributed by atoms with Crippen LogP contribution >= 0.6 is 7.60 Å². The SMILES string of the molecule is CC(c1ccccc1)c1ccccc1OP(=O)(Oc1ccccc1)c1ccccc1. The minimum Gasteiger partial charge on any atom is -0.413 e. The van der Waals surface area contributed by atoms with Crippen molar-refractivity contribution in [1.82, 2.24) is 0 Å². The topological polar surface area (TPSA) is 35.5 Å². The third-order valence-corrected chi connectivity index (χ3v) is 6.76. The number of rotatable bonds is 7. The van der Waals surface area contributed by atoms with E-state index in [0.717, 1.165) is 11.1 Å². The fourth-order valence-corrected chi connectivity index (χ4v) is 4.94. The van der Waals surface area contributed by atoms with Gasteiger partial charge in [-0.05, 0) is 35.9 Å². The first-order valence-corrected chi connectivity index (χ1v) is 11.4. The van der Waals surface area contributed by atoms with Crippen molar-refractivity contribution in [2.24, 2.45) is 0 Å². The molecule has 0 spiro atoms. The molecule has 0 aliphatic rings. The lowest BCUT2D eigenvalue weighted by atomic mass is 9.93. The summed E-state index contributed by atoms with van der Waals surface area (Å²) in [4.78, 5) is 0. The van der Waals surface area contributed by atoms with E-state index in [2.05, 4.69) is 19.1 Å². The summed E-state index contributed by atoms with van der Waals surface area (Å²) < 4.78 is 26.2. The number of hydrogen-bond acceptors (Lipinski definition) is 3. The highest BCUT2D eigenvalue weighted by molar-refractivity contribution is 7.63. The normalized spacial score (nSPS) is 13.8. The molecule has 4 rings (SSSR count). The van der Waals surface area contributed by atoms with Crippen LogP contribution in [0.25, 0.3) is 0 Å². The van der Waals surface area contributed by atoms with Gasteiger partial charge in [-0.1, -0.05) is 91.9 Å². The third-order valence-electron chi connectivity index (χ3n) is 4.94. The number of benzene rings is 4. The Labute approximate surface area is 177 Å². The van der Waals surface area contributed by atoms with Crippen molar-refractivity contribution in [1.29, 1.82) is 0 Å². The molecule has 4 aromatic carbocycles. The molecular weight excluding hydrogens is 391 g/mol. The van der Waals surface area contributed by atoms with Gasteiger partial charge >= 0.3 is 7.60 Å². The minimum atomic E-state index is -3.67. The smallest absolute Gasteiger partial charge is 0.413 e. The Bertz CT molecular complexity index is 1130. The molecule has 150 valence electrons. The maximum absolute atomic E-state index is 14.0. The fourth-order valence-electron chi connectivity index (χ4n) is 3.33. The summed E-state index contributed by atoms with van der Waals surface area (Å²) in [5.41, 5.74) is 2.11. The summed E-state index contributed by atoms with van der Waals surface area (Å²) in [7, 11) is -3.67. The second kappa shape index (κ2) is 9.02. The highest BCUT2D eigenvalue weighted by Gasteiger charge is 2.32. The summed E-state index contributed by atoms with van der Waals surface area (Å²) in [6.45, 7) is 2.11. The molecule has 2 unspecified atom stereocenters. The molecule has 0 amide bonds. The van der Waals surface area contributed by atoms with Crippen molar-refractivity contribution in [3.8, 4) is 11.5 Å². The lowest BCUT2D eigenvalue weighted by Crippen LogP contribution is -2.15. The zero-order chi connectivity index (χ0) is 20.8. The van der Waals surface area contributed by atoms with Crippen molar-refractivity contribution in [2.45, 2.75) is 12.8 Å². The van der Waals surface area contributed by atoms with Crippen LogP contribution in [0, 0.1) is 0 Å². The molecule has 0 saturated heterocycles. The summed E-state index contributed by atoms with van der Waals surface area (Å²) in [5, 5.41) is 0.510. The van der Waals surface area contributed by atoms with E-state index in [1.807, 2.05) is 78.9 Å². The Morgan fingerprint density at radius 2 is 1.17 bits per heavy atom. The lowest BCUT2D eigenvalue weighted by molar-refractivity contribution is 0.397. The first-order chi connectivity index (χ1) is 14.7. The van der Waals surface area contributed by atoms with Gasteiger partial charge in [-0.2, -0.15) is 0 Å². The molecule has 4 aromatic rings. The van der Waals surface area contributed by atoms with Gasteiger partial charge in [0.1, 0.15) is 11.5 Å². The van der Waals surface area contributed by atoms with Crippen molar-refractivity contribution in [3.05, 3.63) is 126 Å². The molecule has 0 aliphatic carbocycles. The van der Waals surface area contributed by atoms with Crippen LogP contribution in [-0.4, -0.2) is 0 Å². The Morgan fingerprint density at radius 3 is 1.83 bits per heavy atom. The predicted molar refractivity (Wildman–Crippen MR) is 122 cm³/mol. The highest BCUT2D eigenvalue weighted by Crippen LogP contribution is 2.49. The molecule has 3 nitrogen and oxygen atoms in total. The minimum absolute atomic E-state index is 0.0725. The Kier molecular flexibility index (Phi) is 6.02. The predicted octanol–water partition coefficient (Wildman–Crippen LogP) is 6.81. The average molecular weight is 414 g/mol. The van der Waals surface area contributed by atoms with Crippen molar-refractivity contribution < 1.29 is 13.6 Å². The zero-order valence-corrected chi connectivity index (χ0v) is 17.6. The Balaban J connectivity index is 1.73. The van der Waals surface area contributed by atoms with Gasteiger partial charge in [-0.3, -0.25) is 0 Å².